The summed E-state index contributed by atoms with van der Waals surface area (Å²) in [5, 5.41) is 20.2. The normalized spacial score (nSPS) is 17.1. The van der Waals surface area contributed by atoms with Crippen molar-refractivity contribution in [3.8, 4) is 33.5 Å². The zero-order valence-electron chi connectivity index (χ0n) is 19.6. The highest BCUT2D eigenvalue weighted by molar-refractivity contribution is 7.13. The predicted molar refractivity (Wildman–Crippen MR) is 139 cm³/mol. The second-order valence-electron chi connectivity index (χ2n) is 8.69. The molecule has 3 aromatic heterocycles. The fraction of sp³-hybridized carbons (Fsp3) is 0.111. The number of hydrogen-bond acceptors (Lipinski definition) is 7. The van der Waals surface area contributed by atoms with Gasteiger partial charge in [0.15, 0.2) is 11.4 Å². The van der Waals surface area contributed by atoms with Gasteiger partial charge in [0.1, 0.15) is 10.8 Å². The molecule has 4 heterocycles. The van der Waals surface area contributed by atoms with Crippen molar-refractivity contribution in [3.63, 3.8) is 0 Å². The summed E-state index contributed by atoms with van der Waals surface area (Å²) in [5.74, 6) is 0.0836. The molecule has 1 aliphatic rings. The van der Waals surface area contributed by atoms with Gasteiger partial charge in [-0.05, 0) is 35.9 Å². The molecule has 10 heteroatoms. The van der Waals surface area contributed by atoms with Gasteiger partial charge in [0.2, 0.25) is 0 Å². The minimum absolute atomic E-state index is 0.00644. The van der Waals surface area contributed by atoms with Crippen LogP contribution in [0.25, 0.3) is 32.6 Å². The Kier molecular flexibility index (Phi) is 5.38. The van der Waals surface area contributed by atoms with Crippen LogP contribution in [0.1, 0.15) is 5.56 Å². The molecule has 0 bridgehead atoms. The van der Waals surface area contributed by atoms with E-state index in [-0.39, 0.29) is 12.4 Å². The molecular weight excluding hydrogens is 490 g/mol. The smallest absolute Gasteiger partial charge is 0.322 e. The van der Waals surface area contributed by atoms with Crippen LogP contribution in [-0.2, 0) is 16.9 Å². The number of rotatable bonds is 6. The molecule has 2 aromatic carbocycles. The van der Waals surface area contributed by atoms with E-state index >= 15 is 0 Å². The van der Waals surface area contributed by atoms with Gasteiger partial charge < -0.3 is 19.7 Å². The minimum Gasteiger partial charge on any atom is -0.497 e. The van der Waals surface area contributed by atoms with Gasteiger partial charge in [-0.15, -0.1) is 11.3 Å². The predicted octanol–water partition coefficient (Wildman–Crippen LogP) is 4.28. The van der Waals surface area contributed by atoms with E-state index in [2.05, 4.69) is 20.6 Å². The molecule has 37 heavy (non-hydrogen) atoms. The first-order valence-electron chi connectivity index (χ1n) is 11.4. The lowest BCUT2D eigenvalue weighted by Gasteiger charge is -2.27. The van der Waals surface area contributed by atoms with Crippen molar-refractivity contribution in [2.45, 2.75) is 12.1 Å². The van der Waals surface area contributed by atoms with Gasteiger partial charge in [-0.2, -0.15) is 0 Å². The second kappa shape index (κ2) is 8.75. The molecule has 1 fully saturated rings. The van der Waals surface area contributed by atoms with Crippen LogP contribution >= 0.6 is 11.3 Å². The average molecular weight is 512 g/mol. The molecule has 0 radical (unpaired) electrons. The molecule has 3 amide bonds. The van der Waals surface area contributed by atoms with Crippen LogP contribution in [0.5, 0.6) is 11.6 Å². The summed E-state index contributed by atoms with van der Waals surface area (Å²) in [7, 11) is 1.55. The Morgan fingerprint density at radius 1 is 1.05 bits per heavy atom. The number of aromatic hydroxyl groups is 1. The number of fused-ring (bicyclic) bond motifs is 1. The fourth-order valence-electron chi connectivity index (χ4n) is 4.61. The van der Waals surface area contributed by atoms with Gasteiger partial charge in [0.25, 0.3) is 5.91 Å². The van der Waals surface area contributed by atoms with Crippen molar-refractivity contribution in [1.29, 1.82) is 0 Å². The molecule has 0 saturated carbocycles. The number of hydrogen-bond donors (Lipinski definition) is 3. The summed E-state index contributed by atoms with van der Waals surface area (Å²) in [6, 6.07) is 15.9. The van der Waals surface area contributed by atoms with E-state index in [9.17, 15) is 14.7 Å². The Morgan fingerprint density at radius 3 is 2.51 bits per heavy atom. The molecule has 1 atom stereocenters. The molecule has 3 N–H and O–H groups in total. The van der Waals surface area contributed by atoms with Crippen molar-refractivity contribution in [2.24, 2.45) is 0 Å². The number of urea groups is 1. The maximum absolute atomic E-state index is 13.1. The highest BCUT2D eigenvalue weighted by Crippen LogP contribution is 2.35. The number of benzene rings is 2. The number of carbonyl (C=O) groups is 2. The lowest BCUT2D eigenvalue weighted by molar-refractivity contribution is -0.124. The van der Waals surface area contributed by atoms with Gasteiger partial charge in [-0.1, -0.05) is 24.3 Å². The van der Waals surface area contributed by atoms with E-state index in [1.54, 1.807) is 65.9 Å². The summed E-state index contributed by atoms with van der Waals surface area (Å²) >= 11 is 1.55. The Labute approximate surface area is 215 Å². The van der Waals surface area contributed by atoms with Crippen molar-refractivity contribution in [3.05, 3.63) is 84.1 Å². The molecule has 9 nitrogen and oxygen atoms in total. The first-order valence-corrected chi connectivity index (χ1v) is 12.3. The zero-order valence-corrected chi connectivity index (χ0v) is 20.5. The van der Waals surface area contributed by atoms with E-state index < -0.39 is 17.5 Å². The molecule has 5 aromatic rings. The number of nitrogens with zero attached hydrogens (tertiary/aromatic N) is 3. The van der Waals surface area contributed by atoms with Crippen molar-refractivity contribution in [1.82, 2.24) is 25.2 Å². The molecule has 6 rings (SSSR count). The van der Waals surface area contributed by atoms with Gasteiger partial charge in [0, 0.05) is 45.9 Å². The molecule has 0 aliphatic carbocycles. The standard InChI is InChI=1S/C27H21N5O4S/c1-36-20-8-4-18-14-32(24(33)21(18)12-20)15-27(25(34)30-26(35)31-27)19-6-2-16(3-7-19)22-9-5-17(13-29-22)23-28-10-11-37-23/h2-14,33H,15H2,1H3,(H2,30,31,34,35)/t27-/m0/s1. The zero-order chi connectivity index (χ0) is 25.6. The highest BCUT2D eigenvalue weighted by atomic mass is 32.1. The molecular formula is C27H21N5O4S. The van der Waals surface area contributed by atoms with Crippen molar-refractivity contribution in [2.75, 3.05) is 7.11 Å². The second-order valence-corrected chi connectivity index (χ2v) is 9.59. The lowest BCUT2D eigenvalue weighted by atomic mass is 9.88. The van der Waals surface area contributed by atoms with Crippen LogP contribution in [0.4, 0.5) is 4.79 Å². The first-order chi connectivity index (χ1) is 18.0. The summed E-state index contributed by atoms with van der Waals surface area (Å²) in [4.78, 5) is 34.2. The highest BCUT2D eigenvalue weighted by Gasteiger charge is 2.48. The third kappa shape index (κ3) is 3.87. The van der Waals surface area contributed by atoms with Gasteiger partial charge in [0.05, 0.1) is 19.3 Å². The maximum Gasteiger partial charge on any atom is 0.322 e. The number of amides is 3. The minimum atomic E-state index is -1.41. The molecule has 0 unspecified atom stereocenters. The lowest BCUT2D eigenvalue weighted by Crippen LogP contribution is -2.47. The number of thiazole rings is 1. The van der Waals surface area contributed by atoms with Crippen LogP contribution in [-0.4, -0.2) is 38.7 Å². The number of aromatic nitrogens is 3. The fourth-order valence-corrected chi connectivity index (χ4v) is 5.24. The first kappa shape index (κ1) is 22.7. The van der Waals surface area contributed by atoms with Crippen molar-refractivity contribution >= 4 is 34.0 Å². The molecule has 184 valence electrons. The Morgan fingerprint density at radius 2 is 1.86 bits per heavy atom. The van der Waals surface area contributed by atoms with E-state index in [1.165, 1.54) is 0 Å². The van der Waals surface area contributed by atoms with E-state index in [0.29, 0.717) is 16.7 Å². The van der Waals surface area contributed by atoms with Gasteiger partial charge in [-0.3, -0.25) is 15.1 Å². The summed E-state index contributed by atoms with van der Waals surface area (Å²) in [6.07, 6.45) is 5.28. The average Bonchev–Trinajstić information content (AvgIpc) is 3.63. The van der Waals surface area contributed by atoms with Crippen LogP contribution in [0.2, 0.25) is 0 Å². The number of nitrogens with one attached hydrogen (secondary N) is 2. The third-order valence-electron chi connectivity index (χ3n) is 6.53. The summed E-state index contributed by atoms with van der Waals surface area (Å²) in [5.41, 5.74) is 1.74. The van der Waals surface area contributed by atoms with Crippen LogP contribution in [0, 0.1) is 0 Å². The molecule has 1 saturated heterocycles. The molecule has 1 aliphatic heterocycles. The maximum atomic E-state index is 13.1. The van der Waals surface area contributed by atoms with Crippen LogP contribution in [0.3, 0.4) is 0 Å². The topological polar surface area (TPSA) is 118 Å². The van der Waals surface area contributed by atoms with E-state index in [4.69, 9.17) is 4.74 Å². The summed E-state index contributed by atoms with van der Waals surface area (Å²) in [6.45, 7) is -0.00644. The number of pyridine rings is 1. The van der Waals surface area contributed by atoms with E-state index in [1.807, 2.05) is 35.7 Å². The number of imide groups is 1. The number of carbonyl (C=O) groups excluding carboxylic acids is 2. The Bertz CT molecular complexity index is 1630. The van der Waals surface area contributed by atoms with Crippen LogP contribution < -0.4 is 15.4 Å². The Balaban J connectivity index is 1.34. The van der Waals surface area contributed by atoms with Crippen LogP contribution in [0.15, 0.2) is 78.6 Å². The SMILES string of the molecule is COc1ccc2cn(C[C@@]3(c4ccc(-c5ccc(-c6nccs6)cn5)cc4)NC(=O)NC3=O)c(O)c2c1. The number of methoxy groups -OCH3 is 1. The largest absolute Gasteiger partial charge is 0.497 e. The number of ether oxygens (including phenoxy) is 1. The van der Waals surface area contributed by atoms with Gasteiger partial charge in [-0.25, -0.2) is 9.78 Å². The Hall–Kier alpha value is -4.70. The monoisotopic (exact) mass is 511 g/mol. The molecule has 0 spiro atoms. The van der Waals surface area contributed by atoms with Gasteiger partial charge >= 0.3 is 6.03 Å². The third-order valence-corrected chi connectivity index (χ3v) is 7.36. The summed E-state index contributed by atoms with van der Waals surface area (Å²) < 4.78 is 6.82. The quantitative estimate of drug-likeness (QED) is 0.293. The van der Waals surface area contributed by atoms with E-state index in [0.717, 1.165) is 27.2 Å². The van der Waals surface area contributed by atoms with Crippen molar-refractivity contribution < 1.29 is 19.4 Å².